The van der Waals surface area contributed by atoms with Gasteiger partial charge in [-0.05, 0) is 61.2 Å². The molecular formula is C20H18N4O6S2. The minimum absolute atomic E-state index is 0.0713. The highest BCUT2D eigenvalue weighted by Crippen LogP contribution is 2.42. The highest BCUT2D eigenvalue weighted by Gasteiger charge is 2.33. The number of sulfonamides is 1. The van der Waals surface area contributed by atoms with Crippen LogP contribution in [0.4, 0.5) is 11.4 Å². The predicted octanol–water partition coefficient (Wildman–Crippen LogP) is 1.58. The van der Waals surface area contributed by atoms with Crippen molar-refractivity contribution in [1.29, 1.82) is 0 Å². The Labute approximate surface area is 187 Å². The Balaban J connectivity index is 1.41. The first-order valence-electron chi connectivity index (χ1n) is 9.47. The molecule has 0 aliphatic carbocycles. The molecular weight excluding hydrogens is 456 g/mol. The van der Waals surface area contributed by atoms with Gasteiger partial charge in [0.15, 0.2) is 11.3 Å². The van der Waals surface area contributed by atoms with Crippen molar-refractivity contribution in [2.45, 2.75) is 17.9 Å². The normalized spacial score (nSPS) is 16.9. The van der Waals surface area contributed by atoms with Crippen LogP contribution in [-0.4, -0.2) is 49.8 Å². The lowest BCUT2D eigenvalue weighted by Gasteiger charge is -2.22. The van der Waals surface area contributed by atoms with Crippen LogP contribution < -0.4 is 16.0 Å². The van der Waals surface area contributed by atoms with Gasteiger partial charge in [0.2, 0.25) is 5.91 Å². The van der Waals surface area contributed by atoms with Gasteiger partial charge in [0.05, 0.1) is 17.0 Å². The average Bonchev–Trinajstić information content (AvgIpc) is 3.09. The average molecular weight is 475 g/mol. The minimum atomic E-state index is -3.47. The summed E-state index contributed by atoms with van der Waals surface area (Å²) in [5.74, 6) is -1.89. The van der Waals surface area contributed by atoms with Crippen molar-refractivity contribution in [1.82, 2.24) is 0 Å². The lowest BCUT2D eigenvalue weighted by atomic mass is 10.2. The molecule has 0 spiro atoms. The number of amides is 2. The molecule has 0 saturated carbocycles. The molecule has 1 unspecified atom stereocenters. The number of carbonyl (C=O) groups is 3. The van der Waals surface area contributed by atoms with Gasteiger partial charge in [-0.15, -0.1) is 4.40 Å². The first-order chi connectivity index (χ1) is 15.1. The summed E-state index contributed by atoms with van der Waals surface area (Å²) in [6, 6.07) is 10.8. The molecule has 0 fully saturated rings. The number of anilines is 2. The topological polar surface area (TPSA) is 148 Å². The number of nitrogens with zero attached hydrogens (tertiary/aromatic N) is 2. The SMILES string of the molecule is CC(OC(=O)c1ccc2c(c1)SC1=NS(=O)(=O)CCN12)C(=O)Nc1ccc(C(N)=O)cc1. The van der Waals surface area contributed by atoms with E-state index >= 15 is 0 Å². The minimum Gasteiger partial charge on any atom is -0.449 e. The standard InChI is InChI=1S/C20H18N4O6S2/c1-11(18(26)22-14-5-2-12(3-6-14)17(21)25)30-19(27)13-4-7-15-16(10-13)31-20-23-32(28,29)9-8-24(15)20/h2-7,10-11H,8-9H2,1H3,(H2,21,25)(H,22,26). The molecule has 2 aromatic rings. The number of nitrogens with one attached hydrogen (secondary N) is 1. The Morgan fingerprint density at radius 3 is 2.53 bits per heavy atom. The zero-order valence-electron chi connectivity index (χ0n) is 16.8. The number of benzene rings is 2. The van der Waals surface area contributed by atoms with E-state index in [2.05, 4.69) is 9.71 Å². The Kier molecular flexibility index (Phi) is 5.65. The van der Waals surface area contributed by atoms with Crippen molar-refractivity contribution in [2.24, 2.45) is 10.1 Å². The summed E-state index contributed by atoms with van der Waals surface area (Å²) in [7, 11) is -3.47. The van der Waals surface area contributed by atoms with E-state index in [0.29, 0.717) is 27.9 Å². The van der Waals surface area contributed by atoms with Gasteiger partial charge in [0.25, 0.3) is 15.9 Å². The molecule has 2 aliphatic heterocycles. The number of thioether (sulfide) groups is 1. The van der Waals surface area contributed by atoms with E-state index in [1.165, 1.54) is 31.2 Å². The van der Waals surface area contributed by atoms with E-state index in [0.717, 1.165) is 17.4 Å². The van der Waals surface area contributed by atoms with Gasteiger partial charge in [-0.1, -0.05) is 0 Å². The van der Waals surface area contributed by atoms with E-state index < -0.39 is 33.9 Å². The number of rotatable bonds is 5. The van der Waals surface area contributed by atoms with Crippen LogP contribution in [-0.2, 0) is 19.6 Å². The second kappa shape index (κ2) is 8.28. The van der Waals surface area contributed by atoms with Crippen molar-refractivity contribution >= 4 is 56.1 Å². The van der Waals surface area contributed by atoms with Crippen LogP contribution in [0.1, 0.15) is 27.6 Å². The maximum Gasteiger partial charge on any atom is 0.338 e. The smallest absolute Gasteiger partial charge is 0.338 e. The highest BCUT2D eigenvalue weighted by atomic mass is 32.2. The van der Waals surface area contributed by atoms with Crippen molar-refractivity contribution in [2.75, 3.05) is 22.5 Å². The number of amidine groups is 1. The van der Waals surface area contributed by atoms with Gasteiger partial charge in [-0.25, -0.2) is 13.2 Å². The van der Waals surface area contributed by atoms with E-state index in [-0.39, 0.29) is 11.3 Å². The lowest BCUT2D eigenvalue weighted by Crippen LogP contribution is -2.35. The molecule has 2 heterocycles. The number of hydrogen-bond donors (Lipinski definition) is 2. The molecule has 3 N–H and O–H groups in total. The molecule has 0 aromatic heterocycles. The third-order valence-corrected chi connectivity index (χ3v) is 7.10. The van der Waals surface area contributed by atoms with Crippen LogP contribution in [0.25, 0.3) is 0 Å². The number of nitrogens with two attached hydrogens (primary N) is 1. The summed E-state index contributed by atoms with van der Waals surface area (Å²) in [6.07, 6.45) is -1.08. The molecule has 4 rings (SSSR count). The predicted molar refractivity (Wildman–Crippen MR) is 119 cm³/mol. The van der Waals surface area contributed by atoms with E-state index in [9.17, 15) is 22.8 Å². The highest BCUT2D eigenvalue weighted by molar-refractivity contribution is 8.15. The molecule has 0 saturated heterocycles. The van der Waals surface area contributed by atoms with E-state index in [1.807, 2.05) is 0 Å². The quantitative estimate of drug-likeness (QED) is 0.621. The summed E-state index contributed by atoms with van der Waals surface area (Å²) in [5, 5.41) is 2.95. The Bertz CT molecular complexity index is 1260. The zero-order chi connectivity index (χ0) is 23.0. The summed E-state index contributed by atoms with van der Waals surface area (Å²) in [5.41, 5.74) is 6.90. The zero-order valence-corrected chi connectivity index (χ0v) is 18.4. The first kappa shape index (κ1) is 21.8. The van der Waals surface area contributed by atoms with Gasteiger partial charge in [0, 0.05) is 22.7 Å². The molecule has 12 heteroatoms. The largest absolute Gasteiger partial charge is 0.449 e. The van der Waals surface area contributed by atoms with Crippen molar-refractivity contribution in [3.63, 3.8) is 0 Å². The number of hydrogen-bond acceptors (Lipinski definition) is 8. The molecule has 2 aliphatic rings. The lowest BCUT2D eigenvalue weighted by molar-refractivity contribution is -0.123. The second-order valence-corrected chi connectivity index (χ2v) is 9.84. The van der Waals surface area contributed by atoms with Crippen LogP contribution >= 0.6 is 11.8 Å². The van der Waals surface area contributed by atoms with Gasteiger partial charge in [-0.3, -0.25) is 9.59 Å². The maximum absolute atomic E-state index is 12.5. The summed E-state index contributed by atoms with van der Waals surface area (Å²) < 4.78 is 32.5. The van der Waals surface area contributed by atoms with E-state index in [1.54, 1.807) is 23.1 Å². The fraction of sp³-hybridized carbons (Fsp3) is 0.200. The summed E-state index contributed by atoms with van der Waals surface area (Å²) in [4.78, 5) is 38.5. The molecule has 0 bridgehead atoms. The van der Waals surface area contributed by atoms with Crippen LogP contribution in [0.2, 0.25) is 0 Å². The number of fused-ring (bicyclic) bond motifs is 3. The van der Waals surface area contributed by atoms with Gasteiger partial charge in [-0.2, -0.15) is 0 Å². The van der Waals surface area contributed by atoms with Gasteiger partial charge < -0.3 is 20.7 Å². The number of primary amides is 1. The Morgan fingerprint density at radius 2 is 1.84 bits per heavy atom. The first-order valence-corrected chi connectivity index (χ1v) is 11.9. The molecule has 1 atom stereocenters. The monoisotopic (exact) mass is 474 g/mol. The van der Waals surface area contributed by atoms with Crippen LogP contribution in [0.5, 0.6) is 0 Å². The Hall–Kier alpha value is -3.38. The number of ether oxygens (including phenoxy) is 1. The third-order valence-electron chi connectivity index (χ3n) is 4.80. The molecule has 166 valence electrons. The summed E-state index contributed by atoms with van der Waals surface area (Å²) >= 11 is 1.16. The van der Waals surface area contributed by atoms with Crippen LogP contribution in [0.3, 0.4) is 0 Å². The maximum atomic E-state index is 12.5. The Morgan fingerprint density at radius 1 is 1.16 bits per heavy atom. The van der Waals surface area contributed by atoms with Crippen molar-refractivity contribution in [3.05, 3.63) is 53.6 Å². The number of carbonyl (C=O) groups excluding carboxylic acids is 3. The van der Waals surface area contributed by atoms with Crippen molar-refractivity contribution < 1.29 is 27.5 Å². The molecule has 2 aromatic carbocycles. The third kappa shape index (κ3) is 4.46. The van der Waals surface area contributed by atoms with Gasteiger partial charge >= 0.3 is 5.97 Å². The molecule has 2 amide bonds. The fourth-order valence-corrected chi connectivity index (χ4v) is 5.40. The molecule has 32 heavy (non-hydrogen) atoms. The fourth-order valence-electron chi connectivity index (χ4n) is 3.10. The number of esters is 1. The second-order valence-electron chi connectivity index (χ2n) is 7.07. The van der Waals surface area contributed by atoms with Crippen molar-refractivity contribution in [3.8, 4) is 0 Å². The van der Waals surface area contributed by atoms with Gasteiger partial charge in [0.1, 0.15) is 0 Å². The van der Waals surface area contributed by atoms with E-state index in [4.69, 9.17) is 10.5 Å². The van der Waals surface area contributed by atoms with Crippen LogP contribution in [0.15, 0.2) is 51.8 Å². The summed E-state index contributed by atoms with van der Waals surface area (Å²) in [6.45, 7) is 1.73. The molecule has 10 nitrogen and oxygen atoms in total. The van der Waals surface area contributed by atoms with Crippen LogP contribution in [0, 0.1) is 0 Å². The molecule has 0 radical (unpaired) electrons.